The Balaban J connectivity index is 0.656. The Bertz CT molecular complexity index is 4380. The van der Waals surface area contributed by atoms with Crippen LogP contribution in [0.4, 0.5) is 17.1 Å². The molecular formula is C66H73N15O10. The number of phenolic OH excluding ortho intramolecular Hbond substituents is 2. The number of amides is 3. The van der Waals surface area contributed by atoms with Gasteiger partial charge in [-0.1, -0.05) is 0 Å². The molecule has 0 spiro atoms. The number of Topliss-reactive ketones (excluding diaryl/α,β-unsaturated/α-hetero) is 5. The SMILES string of the molecule is CN(C)CCCCC(=O)CCCC(=O)c1cc(CC(=O)c2cc(CC(=O)c3ccc4c(c3O)CC(c3nc(CC(=O)CCCNC(=O)c5cc(NC(=O)c6cc(NC(=O)c7ccc8[nH]c(-c9nccn9C)nc8c7O)cn6C)cn5C)cn3C)=N4)cn2C)cn1C. The Morgan fingerprint density at radius 3 is 1.88 bits per heavy atom. The van der Waals surface area contributed by atoms with Crippen molar-refractivity contribution in [2.45, 2.75) is 77.0 Å². The largest absolute Gasteiger partial charge is 0.507 e. The summed E-state index contributed by atoms with van der Waals surface area (Å²) >= 11 is 0. The van der Waals surface area contributed by atoms with Gasteiger partial charge in [-0.25, -0.2) is 19.9 Å². The standard InChI is InChI=1S/C66H73N15O10/c1-75(2)23-10-9-13-43(82)14-11-16-55(84)51-25-39(34-77(51)4)28-57(86)52-26-38(33-78(52)5)27-56(85)45-17-19-48-47(59(45)87)32-50(72-48)62-69-40(37-81(62)8)29-44(83)15-12-21-68-65(90)53-30-42(36-79(53)6)71-66(91)54-31-41(35-80(54)7)70-64(89)46-18-20-49-58(60(46)88)74-61(73-49)63-67-22-24-76(63)3/h17-20,22,24-26,30-31,33-37,87-88H,9-16,21,23,27-29,32H2,1-8H3,(H,68,90)(H,70,89)(H,71,91)(H,73,74). The van der Waals surface area contributed by atoms with Crippen LogP contribution in [0.5, 0.6) is 11.5 Å². The van der Waals surface area contributed by atoms with Crippen LogP contribution in [0.25, 0.3) is 22.7 Å². The normalized spacial score (nSPS) is 12.0. The van der Waals surface area contributed by atoms with Gasteiger partial charge in [-0.2, -0.15) is 0 Å². The molecule has 25 heteroatoms. The topological polar surface area (TPSA) is 313 Å². The highest BCUT2D eigenvalue weighted by Gasteiger charge is 2.28. The molecule has 0 fully saturated rings. The van der Waals surface area contributed by atoms with Crippen LogP contribution in [0.3, 0.4) is 0 Å². The second-order valence-corrected chi connectivity index (χ2v) is 23.6. The molecule has 472 valence electrons. The molecule has 3 amide bonds. The van der Waals surface area contributed by atoms with Crippen LogP contribution < -0.4 is 16.0 Å². The number of nitrogens with zero attached hydrogens (tertiary/aromatic N) is 11. The van der Waals surface area contributed by atoms with Gasteiger partial charge in [0.2, 0.25) is 0 Å². The van der Waals surface area contributed by atoms with Gasteiger partial charge in [0.05, 0.1) is 62.9 Å². The van der Waals surface area contributed by atoms with Crippen LogP contribution in [0.2, 0.25) is 0 Å². The summed E-state index contributed by atoms with van der Waals surface area (Å²) in [6.45, 7) is 1.13. The molecule has 0 unspecified atom stereocenters. The third-order valence-corrected chi connectivity index (χ3v) is 16.1. The lowest BCUT2D eigenvalue weighted by atomic mass is 9.98. The molecule has 25 nitrogen and oxygen atoms in total. The number of carbonyl (C=O) groups excluding carboxylic acids is 8. The number of phenols is 2. The minimum Gasteiger partial charge on any atom is -0.507 e. The lowest BCUT2D eigenvalue weighted by Crippen LogP contribution is -2.26. The van der Waals surface area contributed by atoms with E-state index in [1.165, 1.54) is 28.8 Å². The molecule has 1 aliphatic heterocycles. The van der Waals surface area contributed by atoms with Gasteiger partial charge in [0.1, 0.15) is 34.2 Å². The number of aromatic hydroxyl groups is 2. The molecule has 9 aromatic rings. The molecule has 2 aromatic carbocycles. The second kappa shape index (κ2) is 27.0. The van der Waals surface area contributed by atoms with E-state index in [-0.39, 0.29) is 114 Å². The van der Waals surface area contributed by atoms with Crippen LogP contribution in [-0.4, -0.2) is 142 Å². The molecule has 10 rings (SSSR count). The molecule has 8 heterocycles. The number of fused-ring (bicyclic) bond motifs is 2. The molecular weight excluding hydrogens is 1160 g/mol. The fourth-order valence-corrected chi connectivity index (χ4v) is 11.4. The highest BCUT2D eigenvalue weighted by Crippen LogP contribution is 2.38. The summed E-state index contributed by atoms with van der Waals surface area (Å²) in [6.07, 6.45) is 15.8. The number of rotatable bonds is 29. The minimum absolute atomic E-state index is 0.0232. The number of hydrogen-bond donors (Lipinski definition) is 6. The Morgan fingerprint density at radius 2 is 1.20 bits per heavy atom. The molecule has 0 bridgehead atoms. The van der Waals surface area contributed by atoms with Gasteiger partial charge < -0.3 is 63.4 Å². The van der Waals surface area contributed by atoms with Crippen LogP contribution in [0.15, 0.2) is 96.9 Å². The zero-order valence-electron chi connectivity index (χ0n) is 52.1. The monoisotopic (exact) mass is 1240 g/mol. The maximum Gasteiger partial charge on any atom is 0.272 e. The first kappa shape index (κ1) is 63.5. The number of anilines is 2. The zero-order chi connectivity index (χ0) is 64.9. The van der Waals surface area contributed by atoms with Gasteiger partial charge in [-0.05, 0) is 106 Å². The molecule has 7 aromatic heterocycles. The van der Waals surface area contributed by atoms with Crippen molar-refractivity contribution in [1.29, 1.82) is 0 Å². The van der Waals surface area contributed by atoms with Crippen molar-refractivity contribution in [1.82, 2.24) is 57.6 Å². The number of imidazole rings is 3. The number of aromatic amines is 1. The summed E-state index contributed by atoms with van der Waals surface area (Å²) in [5.41, 5.74) is 6.06. The molecule has 0 radical (unpaired) electrons. The summed E-state index contributed by atoms with van der Waals surface area (Å²) in [7, 11) is 14.4. The van der Waals surface area contributed by atoms with Crippen molar-refractivity contribution in [3.8, 4) is 23.1 Å². The molecule has 0 saturated heterocycles. The van der Waals surface area contributed by atoms with Crippen LogP contribution in [-0.2, 0) is 77.6 Å². The highest BCUT2D eigenvalue weighted by atomic mass is 16.3. The Kier molecular flexibility index (Phi) is 18.9. The highest BCUT2D eigenvalue weighted by molar-refractivity contribution is 6.11. The van der Waals surface area contributed by atoms with E-state index >= 15 is 0 Å². The summed E-state index contributed by atoms with van der Waals surface area (Å²) in [5, 5.41) is 30.9. The van der Waals surface area contributed by atoms with Crippen molar-refractivity contribution < 1.29 is 48.6 Å². The Morgan fingerprint density at radius 1 is 0.571 bits per heavy atom. The number of unbranched alkanes of at least 4 members (excludes halogenated alkanes) is 1. The van der Waals surface area contributed by atoms with Crippen LogP contribution in [0, 0.1) is 0 Å². The number of aliphatic imine (C=N–C) groups is 1. The third kappa shape index (κ3) is 14.5. The predicted octanol–water partition coefficient (Wildman–Crippen LogP) is 7.47. The Hall–Kier alpha value is -10.6. The lowest BCUT2D eigenvalue weighted by Gasteiger charge is -2.08. The van der Waals surface area contributed by atoms with E-state index in [4.69, 9.17) is 9.98 Å². The van der Waals surface area contributed by atoms with E-state index in [9.17, 15) is 48.6 Å². The van der Waals surface area contributed by atoms with Gasteiger partial charge in [0.25, 0.3) is 17.7 Å². The smallest absolute Gasteiger partial charge is 0.272 e. The molecule has 1 aliphatic rings. The number of benzene rings is 2. The van der Waals surface area contributed by atoms with E-state index in [0.717, 1.165) is 19.4 Å². The number of ketones is 5. The number of nitrogens with one attached hydrogen (secondary N) is 4. The number of aromatic nitrogens is 10. The second-order valence-electron chi connectivity index (χ2n) is 23.6. The maximum atomic E-state index is 13.8. The van der Waals surface area contributed by atoms with Crippen molar-refractivity contribution in [3.05, 3.63) is 154 Å². The summed E-state index contributed by atoms with van der Waals surface area (Å²) in [6, 6.07) is 12.7. The van der Waals surface area contributed by atoms with Crippen molar-refractivity contribution >= 4 is 80.4 Å². The predicted molar refractivity (Wildman–Crippen MR) is 341 cm³/mol. The Labute approximate surface area is 523 Å². The molecule has 91 heavy (non-hydrogen) atoms. The van der Waals surface area contributed by atoms with Crippen molar-refractivity contribution in [2.75, 3.05) is 37.8 Å². The fourth-order valence-electron chi connectivity index (χ4n) is 11.4. The van der Waals surface area contributed by atoms with Gasteiger partial charge in [-0.3, -0.25) is 38.4 Å². The average molecular weight is 1240 g/mol. The van der Waals surface area contributed by atoms with E-state index in [1.807, 2.05) is 21.1 Å². The first-order valence-corrected chi connectivity index (χ1v) is 29.9. The van der Waals surface area contributed by atoms with Gasteiger partial charge in [-0.15, -0.1) is 0 Å². The molecule has 6 N–H and O–H groups in total. The van der Waals surface area contributed by atoms with E-state index < -0.39 is 17.7 Å². The summed E-state index contributed by atoms with van der Waals surface area (Å²) in [5.74, 6) is -1.14. The summed E-state index contributed by atoms with van der Waals surface area (Å²) in [4.78, 5) is 130. The van der Waals surface area contributed by atoms with Gasteiger partial charge in [0.15, 0.2) is 40.6 Å². The van der Waals surface area contributed by atoms with E-state index in [2.05, 4.69) is 35.8 Å². The molecule has 0 aliphatic carbocycles. The van der Waals surface area contributed by atoms with Crippen LogP contribution in [0.1, 0.15) is 142 Å². The minimum atomic E-state index is -0.619. The van der Waals surface area contributed by atoms with E-state index in [0.29, 0.717) is 105 Å². The van der Waals surface area contributed by atoms with Gasteiger partial charge >= 0.3 is 0 Å². The molecule has 0 atom stereocenters. The van der Waals surface area contributed by atoms with E-state index in [1.54, 1.807) is 126 Å². The first-order chi connectivity index (χ1) is 43.5. The van der Waals surface area contributed by atoms with Crippen LogP contribution >= 0.6 is 0 Å². The summed E-state index contributed by atoms with van der Waals surface area (Å²) < 4.78 is 9.99. The van der Waals surface area contributed by atoms with Gasteiger partial charge in [0, 0.05) is 143 Å². The zero-order valence-corrected chi connectivity index (χ0v) is 52.1. The van der Waals surface area contributed by atoms with Crippen molar-refractivity contribution in [2.24, 2.45) is 47.3 Å². The maximum absolute atomic E-state index is 13.8. The number of aryl methyl sites for hydroxylation is 6. The number of carbonyl (C=O) groups is 8. The lowest BCUT2D eigenvalue weighted by molar-refractivity contribution is -0.119. The molecule has 0 saturated carbocycles. The quantitative estimate of drug-likeness (QED) is 0.0196. The third-order valence-electron chi connectivity index (χ3n) is 16.1. The fraction of sp³-hybridized carbons (Fsp3) is 0.333. The number of hydrogen-bond acceptors (Lipinski definition) is 15. The number of H-pyrrole nitrogens is 1. The van der Waals surface area contributed by atoms with Crippen molar-refractivity contribution in [3.63, 3.8) is 0 Å². The average Bonchev–Trinajstić information content (AvgIpc) is 1.72. The first-order valence-electron chi connectivity index (χ1n) is 29.9.